The van der Waals surface area contributed by atoms with E-state index in [1.54, 1.807) is 6.07 Å². The predicted octanol–water partition coefficient (Wildman–Crippen LogP) is 3.33. The van der Waals surface area contributed by atoms with Crippen LogP contribution in [0.25, 0.3) is 10.9 Å². The highest BCUT2D eigenvalue weighted by molar-refractivity contribution is 7.80. The zero-order chi connectivity index (χ0) is 21.3. The summed E-state index contributed by atoms with van der Waals surface area (Å²) < 4.78 is 11.7. The van der Waals surface area contributed by atoms with Crippen LogP contribution in [0.5, 0.6) is 0 Å². The quantitative estimate of drug-likeness (QED) is 0.464. The van der Waals surface area contributed by atoms with Gasteiger partial charge in [-0.15, -0.1) is 0 Å². The molecule has 1 aliphatic rings. The van der Waals surface area contributed by atoms with Crippen LogP contribution >= 0.6 is 12.2 Å². The van der Waals surface area contributed by atoms with E-state index in [0.717, 1.165) is 35.1 Å². The molecule has 0 saturated carbocycles. The number of carbonyl (C=O) groups excluding carboxylic acids is 2. The molecular weight excluding hydrogens is 400 g/mol. The molecule has 0 unspecified atom stereocenters. The van der Waals surface area contributed by atoms with Gasteiger partial charge in [0.2, 0.25) is 0 Å². The Kier molecular flexibility index (Phi) is 5.55. The van der Waals surface area contributed by atoms with E-state index in [2.05, 4.69) is 17.0 Å². The van der Waals surface area contributed by atoms with Crippen LogP contribution in [0.2, 0.25) is 0 Å². The third-order valence-electron chi connectivity index (χ3n) is 5.44. The number of nitrogens with zero attached hydrogens (tertiary/aromatic N) is 2. The molecule has 7 heteroatoms. The summed E-state index contributed by atoms with van der Waals surface area (Å²) in [7, 11) is 2.73. The minimum absolute atomic E-state index is 0.0548. The van der Waals surface area contributed by atoms with Gasteiger partial charge in [0.15, 0.2) is 0 Å². The molecule has 154 valence electrons. The lowest BCUT2D eigenvalue weighted by Gasteiger charge is -2.31. The number of thiocarbonyl (C=S) groups is 1. The average molecular weight is 423 g/mol. The van der Waals surface area contributed by atoms with E-state index in [4.69, 9.17) is 21.7 Å². The molecule has 0 bridgehead atoms. The molecule has 0 fully saturated rings. The Labute approximate surface area is 180 Å². The summed E-state index contributed by atoms with van der Waals surface area (Å²) in [5.41, 5.74) is 4.39. The van der Waals surface area contributed by atoms with Crippen molar-refractivity contribution in [1.29, 1.82) is 0 Å². The second-order valence-corrected chi connectivity index (χ2v) is 7.56. The number of ether oxygens (including phenoxy) is 2. The first-order valence-electron chi connectivity index (χ1n) is 9.67. The second kappa shape index (κ2) is 8.28. The predicted molar refractivity (Wildman–Crippen MR) is 118 cm³/mol. The van der Waals surface area contributed by atoms with Gasteiger partial charge >= 0.3 is 11.9 Å². The molecule has 2 aromatic carbocycles. The first kappa shape index (κ1) is 20.1. The molecule has 4 rings (SSSR count). The highest BCUT2D eigenvalue weighted by Crippen LogP contribution is 2.33. The average Bonchev–Trinajstić information content (AvgIpc) is 3.09. The zero-order valence-electron chi connectivity index (χ0n) is 16.9. The molecule has 0 spiro atoms. The van der Waals surface area contributed by atoms with E-state index < -0.39 is 5.97 Å². The highest BCUT2D eigenvalue weighted by atomic mass is 32.1. The summed E-state index contributed by atoms with van der Waals surface area (Å²) >= 11 is 5.87. The first-order chi connectivity index (χ1) is 14.5. The van der Waals surface area contributed by atoms with E-state index in [1.807, 2.05) is 34.9 Å². The van der Waals surface area contributed by atoms with Crippen LogP contribution in [0.1, 0.15) is 27.2 Å². The lowest BCUT2D eigenvalue weighted by atomic mass is 10.0. The number of fused-ring (bicyclic) bond motifs is 3. The molecule has 0 saturated heterocycles. The van der Waals surface area contributed by atoms with Crippen molar-refractivity contribution >= 4 is 40.0 Å². The number of esters is 2. The number of methoxy groups -OCH3 is 2. The molecule has 1 aliphatic heterocycles. The Morgan fingerprint density at radius 3 is 2.53 bits per heavy atom. The molecule has 1 aromatic heterocycles. The molecule has 2 heterocycles. The van der Waals surface area contributed by atoms with Crippen LogP contribution in [0.3, 0.4) is 0 Å². The monoisotopic (exact) mass is 422 g/mol. The summed E-state index contributed by atoms with van der Waals surface area (Å²) in [6, 6.07) is 15.5. The molecule has 3 aromatic rings. The zero-order valence-corrected chi connectivity index (χ0v) is 17.7. The molecule has 0 aliphatic carbocycles. The Morgan fingerprint density at radius 2 is 1.83 bits per heavy atom. The lowest BCUT2D eigenvalue weighted by Crippen LogP contribution is -2.37. The van der Waals surface area contributed by atoms with Crippen molar-refractivity contribution in [3.8, 4) is 0 Å². The number of carbonyl (C=O) groups is 2. The molecule has 6 nitrogen and oxygen atoms in total. The van der Waals surface area contributed by atoms with Crippen LogP contribution < -0.4 is 0 Å². The second-order valence-electron chi connectivity index (χ2n) is 7.18. The maximum Gasteiger partial charge on any atom is 0.337 e. The topological polar surface area (TPSA) is 60.8 Å². The maximum absolute atomic E-state index is 12.1. The van der Waals surface area contributed by atoms with E-state index in [1.165, 1.54) is 19.8 Å². The van der Waals surface area contributed by atoms with E-state index >= 15 is 0 Å². The molecule has 30 heavy (non-hydrogen) atoms. The largest absolute Gasteiger partial charge is 0.468 e. The van der Waals surface area contributed by atoms with Crippen LogP contribution in [0.15, 0.2) is 48.5 Å². The fraction of sp³-hybridized carbons (Fsp3) is 0.261. The van der Waals surface area contributed by atoms with Gasteiger partial charge in [-0.2, -0.15) is 0 Å². The van der Waals surface area contributed by atoms with Gasteiger partial charge in [-0.05, 0) is 35.7 Å². The summed E-state index contributed by atoms with van der Waals surface area (Å²) in [4.78, 5) is 27.0. The Morgan fingerprint density at radius 1 is 1.07 bits per heavy atom. The number of benzene rings is 2. The van der Waals surface area contributed by atoms with Crippen molar-refractivity contribution in [1.82, 2.24) is 9.47 Å². The Bertz CT molecular complexity index is 1140. The number of hydrogen-bond acceptors (Lipinski definition) is 5. The number of rotatable bonds is 5. The van der Waals surface area contributed by atoms with E-state index in [9.17, 15) is 9.59 Å². The van der Waals surface area contributed by atoms with Crippen molar-refractivity contribution in [3.05, 3.63) is 70.9 Å². The molecule has 0 atom stereocenters. The minimum Gasteiger partial charge on any atom is -0.468 e. The van der Waals surface area contributed by atoms with Gasteiger partial charge in [-0.3, -0.25) is 4.79 Å². The van der Waals surface area contributed by atoms with Crippen LogP contribution in [-0.4, -0.2) is 47.2 Å². The van der Waals surface area contributed by atoms with E-state index in [0.29, 0.717) is 17.1 Å². The fourth-order valence-corrected chi connectivity index (χ4v) is 4.37. The fourth-order valence-electron chi connectivity index (χ4n) is 3.98. The normalized spacial score (nSPS) is 13.3. The van der Waals surface area contributed by atoms with E-state index in [-0.39, 0.29) is 12.5 Å². The van der Waals surface area contributed by atoms with Crippen molar-refractivity contribution in [2.75, 3.05) is 20.8 Å². The third-order valence-corrected chi connectivity index (χ3v) is 5.89. The van der Waals surface area contributed by atoms with Gasteiger partial charge in [0, 0.05) is 24.0 Å². The number of hydrogen-bond donors (Lipinski definition) is 0. The lowest BCUT2D eigenvalue weighted by molar-refractivity contribution is -0.141. The summed E-state index contributed by atoms with van der Waals surface area (Å²) in [6.45, 7) is 1.52. The molecule has 0 amide bonds. The summed E-state index contributed by atoms with van der Waals surface area (Å²) in [5, 5.41) is 0.915. The molecular formula is C23H22N2O4S. The van der Waals surface area contributed by atoms with Gasteiger partial charge < -0.3 is 18.9 Å². The van der Waals surface area contributed by atoms with Crippen molar-refractivity contribution in [2.45, 2.75) is 19.5 Å². The van der Waals surface area contributed by atoms with Crippen molar-refractivity contribution in [2.24, 2.45) is 0 Å². The van der Waals surface area contributed by atoms with Gasteiger partial charge in [0.1, 0.15) is 11.5 Å². The van der Waals surface area contributed by atoms with Gasteiger partial charge in [0.05, 0.1) is 25.5 Å². The summed E-state index contributed by atoms with van der Waals surface area (Å²) in [6.07, 6.45) is 0.762. The Hall–Kier alpha value is -3.19. The standard InChI is InChI=1S/C23H22N2O4S/c1-28-20(26)14-25-19-9-8-16(23(27)29-2)12-18(19)17-10-11-24(22(30)21(17)25)13-15-6-4-3-5-7-15/h3-9,12H,10-11,13-14H2,1-2H3. The minimum atomic E-state index is -0.393. The molecule has 0 radical (unpaired) electrons. The van der Waals surface area contributed by atoms with Crippen molar-refractivity contribution < 1.29 is 19.1 Å². The molecule has 0 N–H and O–H groups in total. The van der Waals surface area contributed by atoms with Crippen LogP contribution in [0, 0.1) is 0 Å². The Balaban J connectivity index is 1.81. The maximum atomic E-state index is 12.1. The SMILES string of the molecule is COC(=O)Cn1c2c(c3cc(C(=O)OC)ccc31)CCN(Cc1ccccc1)C2=S. The third kappa shape index (κ3) is 3.57. The number of aromatic nitrogens is 1. The van der Waals surface area contributed by atoms with Crippen molar-refractivity contribution in [3.63, 3.8) is 0 Å². The van der Waals surface area contributed by atoms with Crippen LogP contribution in [0.4, 0.5) is 0 Å². The van der Waals surface area contributed by atoms with Gasteiger partial charge in [-0.1, -0.05) is 42.5 Å². The van der Waals surface area contributed by atoms with Gasteiger partial charge in [-0.25, -0.2) is 4.79 Å². The van der Waals surface area contributed by atoms with Crippen LogP contribution in [-0.2, 0) is 33.8 Å². The highest BCUT2D eigenvalue weighted by Gasteiger charge is 2.29. The summed E-state index contributed by atoms with van der Waals surface area (Å²) in [5.74, 6) is -0.745. The van der Waals surface area contributed by atoms with Gasteiger partial charge in [0.25, 0.3) is 0 Å². The first-order valence-corrected chi connectivity index (χ1v) is 10.1. The smallest absolute Gasteiger partial charge is 0.337 e.